The van der Waals surface area contributed by atoms with E-state index in [2.05, 4.69) is 25.9 Å². The van der Waals surface area contributed by atoms with Crippen molar-refractivity contribution in [3.05, 3.63) is 17.0 Å². The number of carbonyl (C=O) groups excluding carboxylic acids is 1. The highest BCUT2D eigenvalue weighted by Crippen LogP contribution is 2.52. The SMILES string of the molecule is COC(=O)CC1(CSc2ncncc2Br)CC1. The van der Waals surface area contributed by atoms with Gasteiger partial charge >= 0.3 is 5.97 Å². The lowest BCUT2D eigenvalue weighted by Gasteiger charge is -2.12. The zero-order valence-corrected chi connectivity index (χ0v) is 11.9. The minimum absolute atomic E-state index is 0.121. The first-order chi connectivity index (χ1) is 8.15. The molecule has 1 aliphatic rings. The first kappa shape index (κ1) is 12.8. The normalized spacial score (nSPS) is 16.6. The summed E-state index contributed by atoms with van der Waals surface area (Å²) >= 11 is 5.07. The Morgan fingerprint density at radius 3 is 3.00 bits per heavy atom. The van der Waals surface area contributed by atoms with E-state index in [1.807, 2.05) is 0 Å². The largest absolute Gasteiger partial charge is 0.469 e. The van der Waals surface area contributed by atoms with Crippen LogP contribution in [0, 0.1) is 5.41 Å². The Morgan fingerprint density at radius 2 is 2.41 bits per heavy atom. The van der Waals surface area contributed by atoms with Crippen molar-refractivity contribution >= 4 is 33.7 Å². The lowest BCUT2D eigenvalue weighted by molar-refractivity contribution is -0.141. The van der Waals surface area contributed by atoms with Crippen LogP contribution in [0.15, 0.2) is 22.0 Å². The summed E-state index contributed by atoms with van der Waals surface area (Å²) in [5.74, 6) is 0.780. The summed E-state index contributed by atoms with van der Waals surface area (Å²) in [5, 5.41) is 0.927. The van der Waals surface area contributed by atoms with Crippen molar-refractivity contribution in [3.63, 3.8) is 0 Å². The second-order valence-electron chi connectivity index (χ2n) is 4.22. The Labute approximate surface area is 113 Å². The zero-order chi connectivity index (χ0) is 12.3. The fraction of sp³-hybridized carbons (Fsp3) is 0.545. The van der Waals surface area contributed by atoms with Gasteiger partial charge in [-0.25, -0.2) is 9.97 Å². The van der Waals surface area contributed by atoms with Gasteiger partial charge in [-0.2, -0.15) is 0 Å². The van der Waals surface area contributed by atoms with Crippen LogP contribution in [-0.2, 0) is 9.53 Å². The molecule has 1 fully saturated rings. The van der Waals surface area contributed by atoms with E-state index in [1.54, 1.807) is 18.0 Å². The predicted octanol–water partition coefficient (Wildman–Crippen LogP) is 2.67. The molecular weight excluding hydrogens is 304 g/mol. The Balaban J connectivity index is 1.90. The third-order valence-electron chi connectivity index (χ3n) is 2.85. The van der Waals surface area contributed by atoms with Gasteiger partial charge in [-0.3, -0.25) is 4.79 Å². The number of hydrogen-bond acceptors (Lipinski definition) is 5. The molecule has 17 heavy (non-hydrogen) atoms. The van der Waals surface area contributed by atoms with Crippen LogP contribution in [0.5, 0.6) is 0 Å². The standard InChI is InChI=1S/C11H13BrN2O2S/c1-16-9(15)4-11(2-3-11)6-17-10-8(12)5-13-7-14-10/h5,7H,2-4,6H2,1H3. The van der Waals surface area contributed by atoms with E-state index in [-0.39, 0.29) is 11.4 Å². The number of ether oxygens (including phenoxy) is 1. The average Bonchev–Trinajstić information content (AvgIpc) is 3.08. The van der Waals surface area contributed by atoms with Crippen molar-refractivity contribution in [2.24, 2.45) is 5.41 Å². The summed E-state index contributed by atoms with van der Waals surface area (Å²) in [7, 11) is 1.44. The van der Waals surface area contributed by atoms with Crippen LogP contribution < -0.4 is 0 Å². The smallest absolute Gasteiger partial charge is 0.306 e. The first-order valence-electron chi connectivity index (χ1n) is 5.30. The molecule has 0 saturated heterocycles. The maximum Gasteiger partial charge on any atom is 0.306 e. The van der Waals surface area contributed by atoms with Crippen LogP contribution in [0.4, 0.5) is 0 Å². The number of carbonyl (C=O) groups is 1. The minimum Gasteiger partial charge on any atom is -0.469 e. The van der Waals surface area contributed by atoms with E-state index in [0.29, 0.717) is 6.42 Å². The fourth-order valence-electron chi connectivity index (χ4n) is 1.56. The van der Waals surface area contributed by atoms with Crippen LogP contribution in [0.2, 0.25) is 0 Å². The fourth-order valence-corrected chi connectivity index (χ4v) is 3.27. The van der Waals surface area contributed by atoms with Crippen molar-refractivity contribution in [2.45, 2.75) is 24.3 Å². The summed E-state index contributed by atoms with van der Waals surface area (Å²) in [4.78, 5) is 19.4. The monoisotopic (exact) mass is 316 g/mol. The quantitative estimate of drug-likeness (QED) is 0.475. The minimum atomic E-state index is -0.121. The lowest BCUT2D eigenvalue weighted by atomic mass is 10.1. The molecule has 0 N–H and O–H groups in total. The van der Waals surface area contributed by atoms with E-state index in [4.69, 9.17) is 4.74 Å². The number of aromatic nitrogens is 2. The van der Waals surface area contributed by atoms with Crippen molar-refractivity contribution in [1.82, 2.24) is 9.97 Å². The molecule has 92 valence electrons. The molecule has 0 amide bonds. The summed E-state index contributed by atoms with van der Waals surface area (Å²) in [6.07, 6.45) is 5.97. The third kappa shape index (κ3) is 3.42. The van der Waals surface area contributed by atoms with Gasteiger partial charge in [0.2, 0.25) is 0 Å². The van der Waals surface area contributed by atoms with Gasteiger partial charge in [0.15, 0.2) is 0 Å². The van der Waals surface area contributed by atoms with Gasteiger partial charge in [0.25, 0.3) is 0 Å². The molecular formula is C11H13BrN2O2S. The highest BCUT2D eigenvalue weighted by molar-refractivity contribution is 9.10. The highest BCUT2D eigenvalue weighted by atomic mass is 79.9. The molecule has 0 atom stereocenters. The molecule has 0 aromatic carbocycles. The summed E-state index contributed by atoms with van der Waals surface area (Å²) in [6.45, 7) is 0. The topological polar surface area (TPSA) is 52.1 Å². The van der Waals surface area contributed by atoms with Gasteiger partial charge in [-0.15, -0.1) is 11.8 Å². The maximum atomic E-state index is 11.3. The van der Waals surface area contributed by atoms with Crippen LogP contribution in [-0.4, -0.2) is 28.8 Å². The van der Waals surface area contributed by atoms with Crippen LogP contribution in [0.3, 0.4) is 0 Å². The van der Waals surface area contributed by atoms with Gasteiger partial charge in [-0.1, -0.05) is 0 Å². The first-order valence-corrected chi connectivity index (χ1v) is 7.08. The molecule has 1 aliphatic carbocycles. The van der Waals surface area contributed by atoms with E-state index >= 15 is 0 Å². The van der Waals surface area contributed by atoms with E-state index in [0.717, 1.165) is 28.1 Å². The van der Waals surface area contributed by atoms with Gasteiger partial charge in [-0.05, 0) is 34.2 Å². The van der Waals surface area contributed by atoms with Crippen molar-refractivity contribution in [1.29, 1.82) is 0 Å². The number of nitrogens with zero attached hydrogens (tertiary/aromatic N) is 2. The second-order valence-corrected chi connectivity index (χ2v) is 6.04. The van der Waals surface area contributed by atoms with Crippen LogP contribution >= 0.6 is 27.7 Å². The Hall–Kier alpha value is -0.620. The lowest BCUT2D eigenvalue weighted by Crippen LogP contribution is -2.13. The predicted molar refractivity (Wildman–Crippen MR) is 68.8 cm³/mol. The van der Waals surface area contributed by atoms with Crippen LogP contribution in [0.1, 0.15) is 19.3 Å². The summed E-state index contributed by atoms with van der Waals surface area (Å²) in [6, 6.07) is 0. The molecule has 1 aromatic heterocycles. The van der Waals surface area contributed by atoms with Gasteiger partial charge < -0.3 is 4.74 Å². The Kier molecular flexibility index (Phi) is 4.04. The number of methoxy groups -OCH3 is 1. The highest BCUT2D eigenvalue weighted by Gasteiger charge is 2.44. The second kappa shape index (κ2) is 5.35. The molecule has 4 nitrogen and oxygen atoms in total. The number of rotatable bonds is 5. The third-order valence-corrected chi connectivity index (χ3v) is 5.05. The maximum absolute atomic E-state index is 11.3. The molecule has 0 bridgehead atoms. The van der Waals surface area contributed by atoms with E-state index in [9.17, 15) is 4.79 Å². The van der Waals surface area contributed by atoms with E-state index < -0.39 is 0 Å². The molecule has 0 aliphatic heterocycles. The van der Waals surface area contributed by atoms with E-state index in [1.165, 1.54) is 13.4 Å². The van der Waals surface area contributed by atoms with Gasteiger partial charge in [0, 0.05) is 11.9 Å². The summed E-state index contributed by atoms with van der Waals surface area (Å²) < 4.78 is 5.62. The van der Waals surface area contributed by atoms with Crippen molar-refractivity contribution < 1.29 is 9.53 Å². The Bertz CT molecular complexity index is 424. The molecule has 1 saturated carbocycles. The summed E-state index contributed by atoms with van der Waals surface area (Å²) in [5.41, 5.74) is 0.127. The number of esters is 1. The molecule has 0 radical (unpaired) electrons. The molecule has 0 unspecified atom stereocenters. The van der Waals surface area contributed by atoms with Gasteiger partial charge in [0.1, 0.15) is 11.4 Å². The molecule has 6 heteroatoms. The average molecular weight is 317 g/mol. The zero-order valence-electron chi connectivity index (χ0n) is 9.48. The number of thioether (sulfide) groups is 1. The molecule has 1 aromatic rings. The van der Waals surface area contributed by atoms with Crippen molar-refractivity contribution in [3.8, 4) is 0 Å². The van der Waals surface area contributed by atoms with Crippen LogP contribution in [0.25, 0.3) is 0 Å². The molecule has 2 rings (SSSR count). The molecule has 0 spiro atoms. The Morgan fingerprint density at radius 1 is 1.65 bits per heavy atom. The van der Waals surface area contributed by atoms with Crippen molar-refractivity contribution in [2.75, 3.05) is 12.9 Å². The van der Waals surface area contributed by atoms with Gasteiger partial charge in [0.05, 0.1) is 18.0 Å². The molecule has 1 heterocycles. The number of halogens is 1. The number of hydrogen-bond donors (Lipinski definition) is 0.